The molecule has 0 aliphatic rings. The molecule has 142 valence electrons. The van der Waals surface area contributed by atoms with Crippen molar-refractivity contribution in [1.29, 1.82) is 0 Å². The highest BCUT2D eigenvalue weighted by Gasteiger charge is 2.29. The Kier molecular flexibility index (Phi) is 6.48. The van der Waals surface area contributed by atoms with Gasteiger partial charge in [0.05, 0.1) is 6.61 Å². The number of aryl methyl sites for hydroxylation is 1. The zero-order valence-corrected chi connectivity index (χ0v) is 15.0. The molecule has 2 rings (SSSR count). The number of esters is 1. The molecular formula is C19H20N2O6. The topological polar surface area (TPSA) is 129 Å². The second-order valence-electron chi connectivity index (χ2n) is 5.66. The maximum absolute atomic E-state index is 12.1. The number of nitrogens with two attached hydrogens (primary N) is 1. The number of primary amides is 1. The highest BCUT2D eigenvalue weighted by Crippen LogP contribution is 2.27. The van der Waals surface area contributed by atoms with E-state index in [1.165, 1.54) is 6.92 Å². The number of benzene rings is 1. The van der Waals surface area contributed by atoms with Gasteiger partial charge in [0.15, 0.2) is 5.78 Å². The van der Waals surface area contributed by atoms with E-state index in [1.54, 1.807) is 37.3 Å². The van der Waals surface area contributed by atoms with Crippen LogP contribution in [0.25, 0.3) is 0 Å². The molecule has 0 bridgehead atoms. The lowest BCUT2D eigenvalue weighted by Gasteiger charge is -2.05. The van der Waals surface area contributed by atoms with Gasteiger partial charge in [-0.2, -0.15) is 0 Å². The van der Waals surface area contributed by atoms with E-state index in [0.717, 1.165) is 0 Å². The number of Topliss-reactive ketones (excluding diaryl/α,β-unsaturated/α-hetero) is 1. The average molecular weight is 372 g/mol. The second-order valence-corrected chi connectivity index (χ2v) is 5.66. The van der Waals surface area contributed by atoms with E-state index >= 15 is 0 Å². The quantitative estimate of drug-likeness (QED) is 0.541. The molecule has 1 heterocycles. The monoisotopic (exact) mass is 372 g/mol. The molecule has 0 aliphatic heterocycles. The van der Waals surface area contributed by atoms with Gasteiger partial charge in [0.2, 0.25) is 11.8 Å². The molecule has 1 aromatic carbocycles. The summed E-state index contributed by atoms with van der Waals surface area (Å²) in [5.41, 5.74) is 5.45. The smallest absolute Gasteiger partial charge is 0.342 e. The van der Waals surface area contributed by atoms with Crippen molar-refractivity contribution >= 4 is 29.5 Å². The molecule has 2 aromatic rings. The normalized spacial score (nSPS) is 10.3. The third-order valence-electron chi connectivity index (χ3n) is 3.74. The van der Waals surface area contributed by atoms with Crippen LogP contribution in [0.3, 0.4) is 0 Å². The maximum Gasteiger partial charge on any atom is 0.342 e. The van der Waals surface area contributed by atoms with Crippen LogP contribution in [-0.4, -0.2) is 30.2 Å². The number of carbonyl (C=O) groups excluding carboxylic acids is 4. The Hall–Kier alpha value is -3.42. The van der Waals surface area contributed by atoms with Crippen molar-refractivity contribution in [3.05, 3.63) is 52.8 Å². The van der Waals surface area contributed by atoms with Crippen molar-refractivity contribution in [3.63, 3.8) is 0 Å². The average Bonchev–Trinajstić information content (AvgIpc) is 2.96. The van der Waals surface area contributed by atoms with Gasteiger partial charge in [0.25, 0.3) is 5.91 Å². The van der Waals surface area contributed by atoms with Crippen LogP contribution in [0.1, 0.15) is 56.6 Å². The van der Waals surface area contributed by atoms with Crippen LogP contribution < -0.4 is 11.1 Å². The number of carbonyl (C=O) groups is 4. The van der Waals surface area contributed by atoms with Crippen LogP contribution in [0.15, 0.2) is 34.7 Å². The first-order valence-electron chi connectivity index (χ1n) is 8.33. The summed E-state index contributed by atoms with van der Waals surface area (Å²) in [4.78, 5) is 48.0. The van der Waals surface area contributed by atoms with E-state index in [9.17, 15) is 19.2 Å². The highest BCUT2D eigenvalue weighted by molar-refractivity contribution is 6.10. The van der Waals surface area contributed by atoms with Crippen molar-refractivity contribution in [2.24, 2.45) is 5.73 Å². The lowest BCUT2D eigenvalue weighted by Crippen LogP contribution is -2.20. The fourth-order valence-corrected chi connectivity index (χ4v) is 2.50. The first kappa shape index (κ1) is 19.9. The molecular weight excluding hydrogens is 352 g/mol. The lowest BCUT2D eigenvalue weighted by atomic mass is 10.1. The molecule has 2 amide bonds. The number of ketones is 1. The number of nitrogens with one attached hydrogen (secondary N) is 1. The molecule has 27 heavy (non-hydrogen) atoms. The minimum atomic E-state index is -0.939. The number of anilines is 1. The van der Waals surface area contributed by atoms with Gasteiger partial charge in [-0.05, 0) is 13.8 Å². The number of furan rings is 1. The van der Waals surface area contributed by atoms with Gasteiger partial charge in [-0.1, -0.05) is 30.3 Å². The zero-order chi connectivity index (χ0) is 20.0. The number of ether oxygens (including phenoxy) is 1. The van der Waals surface area contributed by atoms with Crippen molar-refractivity contribution in [2.75, 3.05) is 11.9 Å². The van der Waals surface area contributed by atoms with Gasteiger partial charge in [0, 0.05) is 18.4 Å². The Morgan fingerprint density at radius 3 is 2.33 bits per heavy atom. The Bertz CT molecular complexity index is 870. The summed E-state index contributed by atoms with van der Waals surface area (Å²) in [6.45, 7) is 3.17. The van der Waals surface area contributed by atoms with E-state index in [1.807, 2.05) is 0 Å². The van der Waals surface area contributed by atoms with Gasteiger partial charge in [0.1, 0.15) is 16.9 Å². The largest absolute Gasteiger partial charge is 0.462 e. The van der Waals surface area contributed by atoms with Crippen LogP contribution in [0.5, 0.6) is 0 Å². The Balaban J connectivity index is 2.11. The molecule has 8 heteroatoms. The minimum Gasteiger partial charge on any atom is -0.462 e. The third-order valence-corrected chi connectivity index (χ3v) is 3.74. The number of hydrogen-bond acceptors (Lipinski definition) is 6. The first-order chi connectivity index (χ1) is 12.8. The summed E-state index contributed by atoms with van der Waals surface area (Å²) in [5.74, 6) is -2.59. The summed E-state index contributed by atoms with van der Waals surface area (Å²) in [5, 5.41) is 2.39. The third kappa shape index (κ3) is 4.81. The fourth-order valence-electron chi connectivity index (χ4n) is 2.50. The first-order valence-corrected chi connectivity index (χ1v) is 8.33. The summed E-state index contributed by atoms with van der Waals surface area (Å²) < 4.78 is 10.2. The molecule has 0 unspecified atom stereocenters. The molecule has 0 radical (unpaired) electrons. The number of amides is 2. The molecule has 0 saturated carbocycles. The summed E-state index contributed by atoms with van der Waals surface area (Å²) in [7, 11) is 0. The Labute approximate surface area is 155 Å². The Morgan fingerprint density at radius 2 is 1.74 bits per heavy atom. The lowest BCUT2D eigenvalue weighted by molar-refractivity contribution is -0.116. The SMILES string of the molecule is CCOC(=O)c1c(C)oc(NC(=O)CCC(=O)c2ccccc2)c1C(N)=O. The van der Waals surface area contributed by atoms with Crippen molar-refractivity contribution in [2.45, 2.75) is 26.7 Å². The number of hydrogen-bond donors (Lipinski definition) is 2. The van der Waals surface area contributed by atoms with Crippen LogP contribution >= 0.6 is 0 Å². The van der Waals surface area contributed by atoms with Crippen LogP contribution in [-0.2, 0) is 9.53 Å². The molecule has 0 atom stereocenters. The van der Waals surface area contributed by atoms with E-state index in [4.69, 9.17) is 14.9 Å². The van der Waals surface area contributed by atoms with Gasteiger partial charge >= 0.3 is 5.97 Å². The predicted octanol–water partition coefficient (Wildman–Crippen LogP) is 2.47. The highest BCUT2D eigenvalue weighted by atomic mass is 16.5. The summed E-state index contributed by atoms with van der Waals surface area (Å²) in [6.07, 6.45) is -0.146. The minimum absolute atomic E-state index is 0.0217. The predicted molar refractivity (Wildman–Crippen MR) is 96.6 cm³/mol. The Morgan fingerprint density at radius 1 is 1.07 bits per heavy atom. The van der Waals surface area contributed by atoms with Crippen LogP contribution in [0, 0.1) is 6.92 Å². The fraction of sp³-hybridized carbons (Fsp3) is 0.263. The van der Waals surface area contributed by atoms with E-state index in [0.29, 0.717) is 5.56 Å². The van der Waals surface area contributed by atoms with Gasteiger partial charge in [-0.3, -0.25) is 19.7 Å². The molecule has 0 fully saturated rings. The standard InChI is InChI=1S/C19H20N2O6/c1-3-26-19(25)15-11(2)27-18(16(15)17(20)24)21-14(23)10-9-13(22)12-7-5-4-6-8-12/h4-8H,3,9-10H2,1-2H3,(H2,20,24)(H,21,23). The van der Waals surface area contributed by atoms with Crippen molar-refractivity contribution in [1.82, 2.24) is 0 Å². The van der Waals surface area contributed by atoms with Gasteiger partial charge in [-0.15, -0.1) is 0 Å². The van der Waals surface area contributed by atoms with Crippen LogP contribution in [0.4, 0.5) is 5.88 Å². The maximum atomic E-state index is 12.1. The second kappa shape index (κ2) is 8.79. The molecule has 8 nitrogen and oxygen atoms in total. The van der Waals surface area contributed by atoms with Gasteiger partial charge in [-0.25, -0.2) is 4.79 Å². The molecule has 0 spiro atoms. The van der Waals surface area contributed by atoms with Crippen LogP contribution in [0.2, 0.25) is 0 Å². The van der Waals surface area contributed by atoms with E-state index < -0.39 is 17.8 Å². The van der Waals surface area contributed by atoms with Crippen molar-refractivity contribution < 1.29 is 28.3 Å². The molecule has 1 aromatic heterocycles. The molecule has 3 N–H and O–H groups in total. The molecule has 0 aliphatic carbocycles. The summed E-state index contributed by atoms with van der Waals surface area (Å²) in [6, 6.07) is 8.57. The van der Waals surface area contributed by atoms with Gasteiger partial charge < -0.3 is 14.9 Å². The van der Waals surface area contributed by atoms with E-state index in [2.05, 4.69) is 5.32 Å². The van der Waals surface area contributed by atoms with Crippen molar-refractivity contribution in [3.8, 4) is 0 Å². The number of rotatable bonds is 8. The molecule has 0 saturated heterocycles. The van der Waals surface area contributed by atoms with E-state index in [-0.39, 0.29) is 48.0 Å². The zero-order valence-electron chi connectivity index (χ0n) is 15.0. The summed E-state index contributed by atoms with van der Waals surface area (Å²) >= 11 is 0.